The molecule has 1 aliphatic heterocycles. The van der Waals surface area contributed by atoms with Gasteiger partial charge in [-0.3, -0.25) is 9.69 Å². The van der Waals surface area contributed by atoms with E-state index in [0.717, 1.165) is 26.2 Å². The van der Waals surface area contributed by atoms with E-state index in [1.165, 1.54) is 54.4 Å². The normalized spacial score (nSPS) is 22.5. The molecule has 3 heteroatoms. The number of likely N-dealkylation sites (tertiary alicyclic amines) is 1. The van der Waals surface area contributed by atoms with E-state index in [2.05, 4.69) is 72.2 Å². The van der Waals surface area contributed by atoms with Crippen LogP contribution in [0.1, 0.15) is 67.2 Å². The molecule has 1 saturated carbocycles. The molecule has 2 aromatic rings. The Bertz CT molecular complexity index is 852. The Kier molecular flexibility index (Phi) is 7.12. The highest BCUT2D eigenvalue weighted by atomic mass is 16.2. The summed E-state index contributed by atoms with van der Waals surface area (Å²) in [6.07, 6.45) is 6.20. The first kappa shape index (κ1) is 22.1. The molecule has 1 aliphatic carbocycles. The number of carbonyl (C=O) groups is 1. The maximum Gasteiger partial charge on any atom is 0.219 e. The summed E-state index contributed by atoms with van der Waals surface area (Å²) in [6, 6.07) is 18.5. The number of amides is 1. The second kappa shape index (κ2) is 9.99. The topological polar surface area (TPSA) is 23.6 Å². The minimum atomic E-state index is 0.256. The minimum Gasteiger partial charge on any atom is -0.340 e. The van der Waals surface area contributed by atoms with Crippen LogP contribution in [0.5, 0.6) is 0 Å². The predicted octanol–water partition coefficient (Wildman–Crippen LogP) is 5.70. The lowest BCUT2D eigenvalue weighted by atomic mass is 9.87. The molecular formula is C28H38N2O. The van der Waals surface area contributed by atoms with Crippen LogP contribution >= 0.6 is 0 Å². The Labute approximate surface area is 188 Å². The fourth-order valence-corrected chi connectivity index (χ4v) is 5.60. The van der Waals surface area contributed by atoms with Gasteiger partial charge in [0, 0.05) is 45.1 Å². The van der Waals surface area contributed by atoms with Gasteiger partial charge in [0.25, 0.3) is 0 Å². The van der Waals surface area contributed by atoms with E-state index in [4.69, 9.17) is 0 Å². The van der Waals surface area contributed by atoms with Crippen molar-refractivity contribution in [1.29, 1.82) is 0 Å². The summed E-state index contributed by atoms with van der Waals surface area (Å²) in [7, 11) is 0. The lowest BCUT2D eigenvalue weighted by Gasteiger charge is -2.36. The number of rotatable bonds is 6. The van der Waals surface area contributed by atoms with Crippen molar-refractivity contribution in [2.24, 2.45) is 5.92 Å². The van der Waals surface area contributed by atoms with Gasteiger partial charge in [-0.25, -0.2) is 0 Å². The number of carbonyl (C=O) groups excluding carboxylic acids is 1. The molecule has 0 unspecified atom stereocenters. The van der Waals surface area contributed by atoms with Crippen molar-refractivity contribution in [2.75, 3.05) is 19.6 Å². The number of nitrogens with zero attached hydrogens (tertiary/aromatic N) is 2. The van der Waals surface area contributed by atoms with Crippen LogP contribution in [0, 0.1) is 19.8 Å². The van der Waals surface area contributed by atoms with Crippen LogP contribution in [0.4, 0.5) is 0 Å². The van der Waals surface area contributed by atoms with E-state index in [0.29, 0.717) is 17.9 Å². The van der Waals surface area contributed by atoms with Gasteiger partial charge in [0.1, 0.15) is 0 Å². The Morgan fingerprint density at radius 2 is 1.52 bits per heavy atom. The second-order valence-corrected chi connectivity index (χ2v) is 9.92. The molecule has 2 fully saturated rings. The summed E-state index contributed by atoms with van der Waals surface area (Å²) >= 11 is 0. The van der Waals surface area contributed by atoms with Gasteiger partial charge in [-0.1, -0.05) is 78.9 Å². The van der Waals surface area contributed by atoms with Gasteiger partial charge < -0.3 is 4.90 Å². The van der Waals surface area contributed by atoms with Crippen LogP contribution < -0.4 is 0 Å². The molecular weight excluding hydrogens is 380 g/mol. The smallest absolute Gasteiger partial charge is 0.219 e. The molecule has 2 aromatic carbocycles. The Hall–Kier alpha value is -2.13. The maximum absolute atomic E-state index is 12.6. The lowest BCUT2D eigenvalue weighted by Crippen LogP contribution is -2.44. The van der Waals surface area contributed by atoms with Crippen molar-refractivity contribution in [3.63, 3.8) is 0 Å². The van der Waals surface area contributed by atoms with Crippen LogP contribution in [0.3, 0.4) is 0 Å². The van der Waals surface area contributed by atoms with Crippen molar-refractivity contribution in [2.45, 2.75) is 71.4 Å². The molecule has 4 rings (SSSR count). The quantitative estimate of drug-likeness (QED) is 0.601. The molecule has 0 bridgehead atoms. The van der Waals surface area contributed by atoms with Gasteiger partial charge in [0.05, 0.1) is 0 Å². The van der Waals surface area contributed by atoms with Crippen LogP contribution in [0.15, 0.2) is 48.5 Å². The zero-order chi connectivity index (χ0) is 21.8. The van der Waals surface area contributed by atoms with Crippen molar-refractivity contribution < 1.29 is 4.79 Å². The van der Waals surface area contributed by atoms with Crippen molar-refractivity contribution in [3.8, 4) is 0 Å². The first-order valence-electron chi connectivity index (χ1n) is 12.1. The summed E-state index contributed by atoms with van der Waals surface area (Å²) < 4.78 is 0. The van der Waals surface area contributed by atoms with Gasteiger partial charge in [0.15, 0.2) is 0 Å². The Balaban J connectivity index is 1.53. The average Bonchev–Trinajstić information content (AvgIpc) is 3.17. The van der Waals surface area contributed by atoms with E-state index in [-0.39, 0.29) is 5.91 Å². The fourth-order valence-electron chi connectivity index (χ4n) is 5.60. The molecule has 2 atom stereocenters. The Morgan fingerprint density at radius 3 is 2.13 bits per heavy atom. The zero-order valence-corrected chi connectivity index (χ0v) is 19.5. The van der Waals surface area contributed by atoms with Gasteiger partial charge in [-0.15, -0.1) is 0 Å². The largest absolute Gasteiger partial charge is 0.340 e. The van der Waals surface area contributed by atoms with Crippen LogP contribution in [0.2, 0.25) is 0 Å². The minimum absolute atomic E-state index is 0.256. The van der Waals surface area contributed by atoms with E-state index in [1.807, 2.05) is 0 Å². The molecule has 2 aliphatic rings. The third-order valence-corrected chi connectivity index (χ3v) is 7.40. The molecule has 0 spiro atoms. The van der Waals surface area contributed by atoms with Crippen LogP contribution in [-0.4, -0.2) is 41.4 Å². The summed E-state index contributed by atoms with van der Waals surface area (Å²) in [5.74, 6) is 1.22. The van der Waals surface area contributed by atoms with Gasteiger partial charge in [-0.2, -0.15) is 0 Å². The zero-order valence-electron chi connectivity index (χ0n) is 19.5. The third-order valence-electron chi connectivity index (χ3n) is 7.40. The highest BCUT2D eigenvalue weighted by molar-refractivity contribution is 5.73. The van der Waals surface area contributed by atoms with Gasteiger partial charge >= 0.3 is 0 Å². The van der Waals surface area contributed by atoms with E-state index in [1.54, 1.807) is 6.92 Å². The van der Waals surface area contributed by atoms with Crippen molar-refractivity contribution in [3.05, 3.63) is 70.8 Å². The standard InChI is InChI=1S/C28H38N2O/c1-21-9-13-24(14-10-21)17-29-18-26(28(20-29)25-15-11-22(2)12-16-25)19-30(23(3)31)27-7-5-4-6-8-27/h9-16,26-28H,4-8,17-20H2,1-3H3/t26-,28-/m1/s1. The molecule has 1 heterocycles. The monoisotopic (exact) mass is 418 g/mol. The SMILES string of the molecule is CC(=O)N(C[C@H]1CN(Cc2ccc(C)cc2)C[C@@H]1c1ccc(C)cc1)C1CCCCC1. The molecule has 166 valence electrons. The summed E-state index contributed by atoms with van der Waals surface area (Å²) in [5.41, 5.74) is 5.42. The number of benzene rings is 2. The molecule has 0 aromatic heterocycles. The average molecular weight is 419 g/mol. The molecule has 31 heavy (non-hydrogen) atoms. The Morgan fingerprint density at radius 1 is 0.903 bits per heavy atom. The van der Waals surface area contributed by atoms with Crippen molar-refractivity contribution >= 4 is 5.91 Å². The van der Waals surface area contributed by atoms with Gasteiger partial charge in [0.2, 0.25) is 5.91 Å². The highest BCUT2D eigenvalue weighted by Crippen LogP contribution is 2.35. The summed E-state index contributed by atoms with van der Waals surface area (Å²) in [6.45, 7) is 10.1. The van der Waals surface area contributed by atoms with E-state index < -0.39 is 0 Å². The van der Waals surface area contributed by atoms with Gasteiger partial charge in [-0.05, 0) is 43.7 Å². The summed E-state index contributed by atoms with van der Waals surface area (Å²) in [5, 5.41) is 0. The summed E-state index contributed by atoms with van der Waals surface area (Å²) in [4.78, 5) is 17.5. The van der Waals surface area contributed by atoms with E-state index in [9.17, 15) is 4.79 Å². The molecule has 0 N–H and O–H groups in total. The first-order chi connectivity index (χ1) is 15.0. The van der Waals surface area contributed by atoms with Crippen LogP contribution in [0.25, 0.3) is 0 Å². The lowest BCUT2D eigenvalue weighted by molar-refractivity contribution is -0.132. The van der Waals surface area contributed by atoms with Crippen molar-refractivity contribution in [1.82, 2.24) is 9.80 Å². The maximum atomic E-state index is 12.6. The fraction of sp³-hybridized carbons (Fsp3) is 0.536. The van der Waals surface area contributed by atoms with E-state index >= 15 is 0 Å². The predicted molar refractivity (Wildman–Crippen MR) is 128 cm³/mol. The number of hydrogen-bond acceptors (Lipinski definition) is 2. The highest BCUT2D eigenvalue weighted by Gasteiger charge is 2.37. The molecule has 1 saturated heterocycles. The number of hydrogen-bond donors (Lipinski definition) is 0. The molecule has 1 amide bonds. The first-order valence-corrected chi connectivity index (χ1v) is 12.1. The second-order valence-electron chi connectivity index (χ2n) is 9.92. The van der Waals surface area contributed by atoms with Crippen LogP contribution in [-0.2, 0) is 11.3 Å². The number of aryl methyl sites for hydroxylation is 2. The molecule has 3 nitrogen and oxygen atoms in total. The molecule has 0 radical (unpaired) electrons. The third kappa shape index (κ3) is 5.57.